The highest BCUT2D eigenvalue weighted by atomic mass is 79.9. The molecule has 0 aliphatic rings. The van der Waals surface area contributed by atoms with Gasteiger partial charge >= 0.3 is 0 Å². The lowest BCUT2D eigenvalue weighted by atomic mass is 9.99. The van der Waals surface area contributed by atoms with E-state index in [1.54, 1.807) is 18.5 Å². The molecule has 0 amide bonds. The molecule has 0 radical (unpaired) electrons. The van der Waals surface area contributed by atoms with Crippen LogP contribution < -0.4 is 5.32 Å². The second kappa shape index (κ2) is 6.66. The van der Waals surface area contributed by atoms with Gasteiger partial charge in [0.1, 0.15) is 5.82 Å². The van der Waals surface area contributed by atoms with E-state index in [9.17, 15) is 4.39 Å². The van der Waals surface area contributed by atoms with Gasteiger partial charge in [0.15, 0.2) is 0 Å². The second-order valence-corrected chi connectivity index (χ2v) is 5.68. The zero-order valence-corrected chi connectivity index (χ0v) is 13.2. The first kappa shape index (κ1) is 14.7. The number of nitrogens with one attached hydrogen (secondary N) is 1. The van der Waals surface area contributed by atoms with Crippen LogP contribution in [0.25, 0.3) is 0 Å². The molecule has 3 rings (SSSR count). The summed E-state index contributed by atoms with van der Waals surface area (Å²) in [5.41, 5.74) is 1.83. The monoisotopic (exact) mass is 357 g/mol. The molecular weight excluding hydrogens is 345 g/mol. The van der Waals surface area contributed by atoms with Crippen LogP contribution in [0.5, 0.6) is 0 Å². The van der Waals surface area contributed by atoms with E-state index < -0.39 is 0 Å². The molecule has 0 fully saturated rings. The smallest absolute Gasteiger partial charge is 0.223 e. The average molecular weight is 358 g/mol. The van der Waals surface area contributed by atoms with E-state index in [-0.39, 0.29) is 11.9 Å². The lowest BCUT2D eigenvalue weighted by Crippen LogP contribution is -2.14. The Hall–Kier alpha value is -2.27. The van der Waals surface area contributed by atoms with Crippen molar-refractivity contribution in [3.8, 4) is 0 Å². The van der Waals surface area contributed by atoms with E-state index in [1.807, 2.05) is 36.4 Å². The fraction of sp³-hybridized carbons (Fsp3) is 0.0588. The Balaban J connectivity index is 1.98. The summed E-state index contributed by atoms with van der Waals surface area (Å²) in [5.74, 6) is 0.221. The number of benzene rings is 2. The van der Waals surface area contributed by atoms with Crippen molar-refractivity contribution in [1.82, 2.24) is 9.97 Å². The van der Waals surface area contributed by atoms with Gasteiger partial charge in [-0.2, -0.15) is 0 Å². The van der Waals surface area contributed by atoms with Gasteiger partial charge in [0.25, 0.3) is 0 Å². The predicted molar refractivity (Wildman–Crippen MR) is 88.0 cm³/mol. The van der Waals surface area contributed by atoms with Crippen LogP contribution >= 0.6 is 15.9 Å². The summed E-state index contributed by atoms with van der Waals surface area (Å²) in [6, 6.07) is 16.1. The van der Waals surface area contributed by atoms with Gasteiger partial charge < -0.3 is 5.32 Å². The Bertz CT molecular complexity index is 747. The van der Waals surface area contributed by atoms with Crippen molar-refractivity contribution in [2.24, 2.45) is 0 Å². The van der Waals surface area contributed by atoms with Crippen molar-refractivity contribution in [2.45, 2.75) is 6.04 Å². The molecule has 1 aromatic heterocycles. The second-order valence-electron chi connectivity index (χ2n) is 4.77. The van der Waals surface area contributed by atoms with Gasteiger partial charge in [-0.1, -0.05) is 42.5 Å². The highest BCUT2D eigenvalue weighted by molar-refractivity contribution is 9.10. The highest BCUT2D eigenvalue weighted by Gasteiger charge is 2.15. The third-order valence-corrected chi connectivity index (χ3v) is 3.62. The number of hydrogen-bond acceptors (Lipinski definition) is 3. The quantitative estimate of drug-likeness (QED) is 0.742. The standard InChI is InChI=1S/C17H13BrFN3/c18-14-10-20-17(21-11-14)22-16(12-5-2-1-3-6-12)13-7-4-8-15(19)9-13/h1-11,16H,(H,20,21,22). The third-order valence-electron chi connectivity index (χ3n) is 3.21. The van der Waals surface area contributed by atoms with E-state index >= 15 is 0 Å². The number of nitrogens with zero attached hydrogens (tertiary/aromatic N) is 2. The Morgan fingerprint density at radius 2 is 1.59 bits per heavy atom. The van der Waals surface area contributed by atoms with Gasteiger partial charge in [-0.25, -0.2) is 14.4 Å². The topological polar surface area (TPSA) is 37.8 Å². The highest BCUT2D eigenvalue weighted by Crippen LogP contribution is 2.26. The largest absolute Gasteiger partial charge is 0.343 e. The molecule has 3 nitrogen and oxygen atoms in total. The fourth-order valence-electron chi connectivity index (χ4n) is 2.21. The van der Waals surface area contributed by atoms with E-state index in [4.69, 9.17) is 0 Å². The zero-order chi connectivity index (χ0) is 15.4. The maximum absolute atomic E-state index is 13.6. The molecule has 0 aliphatic heterocycles. The maximum atomic E-state index is 13.6. The molecule has 3 aromatic rings. The molecule has 0 bridgehead atoms. The molecule has 5 heteroatoms. The summed E-state index contributed by atoms with van der Waals surface area (Å²) in [7, 11) is 0. The van der Waals surface area contributed by atoms with Crippen molar-refractivity contribution in [3.63, 3.8) is 0 Å². The number of aromatic nitrogens is 2. The number of anilines is 1. The van der Waals surface area contributed by atoms with Crippen LogP contribution in [0.4, 0.5) is 10.3 Å². The van der Waals surface area contributed by atoms with Gasteiger partial charge in [-0.05, 0) is 39.2 Å². The predicted octanol–water partition coefficient (Wildman–Crippen LogP) is 4.58. The molecule has 1 N–H and O–H groups in total. The summed E-state index contributed by atoms with van der Waals surface area (Å²) in [4.78, 5) is 8.46. The number of hydrogen-bond donors (Lipinski definition) is 1. The normalized spacial score (nSPS) is 11.9. The fourth-order valence-corrected chi connectivity index (χ4v) is 2.41. The van der Waals surface area contributed by atoms with Crippen molar-refractivity contribution < 1.29 is 4.39 Å². The lowest BCUT2D eigenvalue weighted by molar-refractivity contribution is 0.624. The van der Waals surface area contributed by atoms with Gasteiger partial charge in [0.05, 0.1) is 10.5 Å². The summed E-state index contributed by atoms with van der Waals surface area (Å²) >= 11 is 3.31. The van der Waals surface area contributed by atoms with E-state index in [1.165, 1.54) is 12.1 Å². The van der Waals surface area contributed by atoms with Crippen molar-refractivity contribution in [2.75, 3.05) is 5.32 Å². The first-order valence-electron chi connectivity index (χ1n) is 6.77. The van der Waals surface area contributed by atoms with Crippen molar-refractivity contribution in [3.05, 3.63) is 88.4 Å². The van der Waals surface area contributed by atoms with Crippen LogP contribution in [0, 0.1) is 5.82 Å². The molecule has 0 saturated carbocycles. The van der Waals surface area contributed by atoms with E-state index in [2.05, 4.69) is 31.2 Å². The number of halogens is 2. The molecule has 0 spiro atoms. The van der Waals surface area contributed by atoms with Crippen LogP contribution in [-0.2, 0) is 0 Å². The van der Waals surface area contributed by atoms with Gasteiger partial charge in [0.2, 0.25) is 5.95 Å². The van der Waals surface area contributed by atoms with Crippen LogP contribution in [0.3, 0.4) is 0 Å². The van der Waals surface area contributed by atoms with Crippen LogP contribution in [0.2, 0.25) is 0 Å². The Morgan fingerprint density at radius 1 is 0.909 bits per heavy atom. The van der Waals surface area contributed by atoms with Crippen LogP contribution in [-0.4, -0.2) is 9.97 Å². The summed E-state index contributed by atoms with van der Waals surface area (Å²) in [5, 5.41) is 3.26. The molecule has 1 unspecified atom stereocenters. The lowest BCUT2D eigenvalue weighted by Gasteiger charge is -2.19. The first-order valence-corrected chi connectivity index (χ1v) is 7.56. The van der Waals surface area contributed by atoms with Crippen LogP contribution in [0.15, 0.2) is 71.5 Å². The third kappa shape index (κ3) is 3.49. The van der Waals surface area contributed by atoms with Crippen molar-refractivity contribution >= 4 is 21.9 Å². The molecule has 1 atom stereocenters. The van der Waals surface area contributed by atoms with Gasteiger partial charge in [-0.3, -0.25) is 0 Å². The minimum atomic E-state index is -0.267. The van der Waals surface area contributed by atoms with Crippen molar-refractivity contribution in [1.29, 1.82) is 0 Å². The zero-order valence-electron chi connectivity index (χ0n) is 11.6. The minimum Gasteiger partial charge on any atom is -0.343 e. The Kier molecular flexibility index (Phi) is 4.44. The summed E-state index contributed by atoms with van der Waals surface area (Å²) in [6.45, 7) is 0. The molecule has 0 saturated heterocycles. The molecule has 22 heavy (non-hydrogen) atoms. The molecule has 1 heterocycles. The van der Waals surface area contributed by atoms with Crippen LogP contribution in [0.1, 0.15) is 17.2 Å². The molecular formula is C17H13BrFN3. The maximum Gasteiger partial charge on any atom is 0.223 e. The van der Waals surface area contributed by atoms with Gasteiger partial charge in [0, 0.05) is 12.4 Å². The summed E-state index contributed by atoms with van der Waals surface area (Å²) < 4.78 is 14.4. The SMILES string of the molecule is Fc1cccc(C(Nc2ncc(Br)cn2)c2ccccc2)c1. The first-order chi connectivity index (χ1) is 10.7. The Labute approximate surface area is 136 Å². The molecule has 110 valence electrons. The van der Waals surface area contributed by atoms with Gasteiger partial charge in [-0.15, -0.1) is 0 Å². The summed E-state index contributed by atoms with van der Waals surface area (Å²) in [6.07, 6.45) is 3.34. The molecule has 0 aliphatic carbocycles. The van der Waals surface area contributed by atoms with E-state index in [0.29, 0.717) is 5.95 Å². The average Bonchev–Trinajstić information content (AvgIpc) is 2.55. The van der Waals surface area contributed by atoms with E-state index in [0.717, 1.165) is 15.6 Å². The molecule has 2 aromatic carbocycles. The Morgan fingerprint density at radius 3 is 2.27 bits per heavy atom. The minimum absolute atomic E-state index is 0.224. The number of rotatable bonds is 4.